The fourth-order valence-corrected chi connectivity index (χ4v) is 1.74. The third-order valence-corrected chi connectivity index (χ3v) is 2.77. The lowest BCUT2D eigenvalue weighted by molar-refractivity contribution is 0.613. The van der Waals surface area contributed by atoms with Gasteiger partial charge in [0, 0.05) is 11.8 Å². The number of rotatable bonds is 2. The highest BCUT2D eigenvalue weighted by molar-refractivity contribution is 5.82. The molecule has 0 fully saturated rings. The van der Waals surface area contributed by atoms with Gasteiger partial charge in [0.1, 0.15) is 11.6 Å². The quantitative estimate of drug-likeness (QED) is 0.835. The van der Waals surface area contributed by atoms with E-state index in [4.69, 9.17) is 11.5 Å². The summed E-state index contributed by atoms with van der Waals surface area (Å²) < 4.78 is 13.7. The summed E-state index contributed by atoms with van der Waals surface area (Å²) in [6, 6.07) is 6.81. The molecule has 0 saturated carbocycles. The van der Waals surface area contributed by atoms with E-state index in [1.165, 1.54) is 6.07 Å². The lowest BCUT2D eigenvalue weighted by atomic mass is 10.0. The molecule has 0 aliphatic heterocycles. The van der Waals surface area contributed by atoms with Crippen molar-refractivity contribution in [1.82, 2.24) is 4.98 Å². The number of aryl methyl sites for hydroxylation is 1. The van der Waals surface area contributed by atoms with Crippen molar-refractivity contribution >= 4 is 11.5 Å². The Hall–Kier alpha value is -2.10. The summed E-state index contributed by atoms with van der Waals surface area (Å²) in [4.78, 5) is 3.88. The van der Waals surface area contributed by atoms with Crippen LogP contribution in [0.1, 0.15) is 12.5 Å². The van der Waals surface area contributed by atoms with Crippen molar-refractivity contribution in [2.24, 2.45) is 0 Å². The first-order valence-corrected chi connectivity index (χ1v) is 5.42. The summed E-state index contributed by atoms with van der Waals surface area (Å²) in [5, 5.41) is 0. The van der Waals surface area contributed by atoms with Gasteiger partial charge in [0.15, 0.2) is 0 Å². The van der Waals surface area contributed by atoms with Gasteiger partial charge in [0.25, 0.3) is 0 Å². The summed E-state index contributed by atoms with van der Waals surface area (Å²) in [7, 11) is 0. The molecule has 4 heteroatoms. The molecule has 4 N–H and O–H groups in total. The van der Waals surface area contributed by atoms with Crippen LogP contribution >= 0.6 is 0 Å². The van der Waals surface area contributed by atoms with Crippen molar-refractivity contribution in [2.45, 2.75) is 13.3 Å². The fourth-order valence-electron chi connectivity index (χ4n) is 1.74. The zero-order valence-corrected chi connectivity index (χ0v) is 9.57. The van der Waals surface area contributed by atoms with Gasteiger partial charge in [0.05, 0.1) is 5.69 Å². The summed E-state index contributed by atoms with van der Waals surface area (Å²) >= 11 is 0. The molecule has 0 radical (unpaired) electrons. The van der Waals surface area contributed by atoms with Crippen LogP contribution in [-0.2, 0) is 6.42 Å². The van der Waals surface area contributed by atoms with Gasteiger partial charge in [-0.1, -0.05) is 19.1 Å². The van der Waals surface area contributed by atoms with Crippen molar-refractivity contribution in [3.63, 3.8) is 0 Å². The molecule has 0 aliphatic rings. The molecule has 0 aliphatic carbocycles. The number of benzene rings is 1. The van der Waals surface area contributed by atoms with Crippen LogP contribution in [0.5, 0.6) is 0 Å². The number of nitrogens with two attached hydrogens (primary N) is 2. The van der Waals surface area contributed by atoms with E-state index >= 15 is 0 Å². The predicted octanol–water partition coefficient (Wildman–Crippen LogP) is 2.61. The lowest BCUT2D eigenvalue weighted by Gasteiger charge is -2.08. The second-order valence-electron chi connectivity index (χ2n) is 3.82. The van der Waals surface area contributed by atoms with Crippen molar-refractivity contribution in [3.8, 4) is 11.1 Å². The van der Waals surface area contributed by atoms with Crippen LogP contribution < -0.4 is 11.5 Å². The number of pyridine rings is 1. The Labute approximate surface area is 99.3 Å². The highest BCUT2D eigenvalue weighted by Gasteiger charge is 2.08. The number of aromatic nitrogens is 1. The van der Waals surface area contributed by atoms with Crippen molar-refractivity contribution in [3.05, 3.63) is 41.8 Å². The number of nitrogens with zero attached hydrogens (tertiary/aromatic N) is 1. The van der Waals surface area contributed by atoms with E-state index in [1.54, 1.807) is 18.3 Å². The molecule has 1 aromatic heterocycles. The number of halogens is 1. The Kier molecular flexibility index (Phi) is 2.95. The van der Waals surface area contributed by atoms with Gasteiger partial charge in [-0.15, -0.1) is 0 Å². The van der Waals surface area contributed by atoms with Gasteiger partial charge in [0.2, 0.25) is 0 Å². The van der Waals surface area contributed by atoms with Gasteiger partial charge >= 0.3 is 0 Å². The minimum absolute atomic E-state index is 0.222. The molecule has 0 spiro atoms. The zero-order valence-electron chi connectivity index (χ0n) is 9.57. The summed E-state index contributed by atoms with van der Waals surface area (Å²) in [5.74, 6) is 0.0438. The molecule has 0 unspecified atom stereocenters. The molecule has 1 aromatic carbocycles. The van der Waals surface area contributed by atoms with Crippen LogP contribution in [-0.4, -0.2) is 4.98 Å². The van der Waals surface area contributed by atoms with Crippen molar-refractivity contribution in [1.29, 1.82) is 0 Å². The second-order valence-corrected chi connectivity index (χ2v) is 3.82. The lowest BCUT2D eigenvalue weighted by Crippen LogP contribution is -2.00. The normalized spacial score (nSPS) is 10.5. The molecule has 17 heavy (non-hydrogen) atoms. The monoisotopic (exact) mass is 231 g/mol. The predicted molar refractivity (Wildman–Crippen MR) is 67.8 cm³/mol. The van der Waals surface area contributed by atoms with E-state index in [0.29, 0.717) is 28.8 Å². The summed E-state index contributed by atoms with van der Waals surface area (Å²) in [6.07, 6.45) is 2.23. The van der Waals surface area contributed by atoms with Gasteiger partial charge in [-0.3, -0.25) is 0 Å². The van der Waals surface area contributed by atoms with E-state index in [9.17, 15) is 4.39 Å². The Morgan fingerprint density at radius 1 is 1.24 bits per heavy atom. The summed E-state index contributed by atoms with van der Waals surface area (Å²) in [5.41, 5.74) is 13.9. The maximum absolute atomic E-state index is 13.7. The standard InChI is InChI=1S/C13H14FN3/c1-2-8-3-4-9(7-11(8)14)10-5-6-17-13(16)12(10)15/h3-7H,2,15H2,1H3,(H2,16,17). The molecular formula is C13H14FN3. The third-order valence-electron chi connectivity index (χ3n) is 2.77. The fraction of sp³-hybridized carbons (Fsp3) is 0.154. The zero-order chi connectivity index (χ0) is 12.4. The van der Waals surface area contributed by atoms with Crippen LogP contribution in [0.15, 0.2) is 30.5 Å². The number of hydrogen-bond acceptors (Lipinski definition) is 3. The Morgan fingerprint density at radius 3 is 2.65 bits per heavy atom. The molecule has 0 saturated heterocycles. The Morgan fingerprint density at radius 2 is 2.00 bits per heavy atom. The largest absolute Gasteiger partial charge is 0.395 e. The molecule has 2 aromatic rings. The van der Waals surface area contributed by atoms with Crippen LogP contribution in [0.3, 0.4) is 0 Å². The van der Waals surface area contributed by atoms with Crippen LogP contribution in [0.2, 0.25) is 0 Å². The Balaban J connectivity index is 2.54. The second kappa shape index (κ2) is 4.41. The molecule has 0 bridgehead atoms. The Bertz CT molecular complexity index is 552. The first kappa shape index (κ1) is 11.4. The molecule has 0 atom stereocenters. The van der Waals surface area contributed by atoms with Crippen LogP contribution in [0.4, 0.5) is 15.9 Å². The SMILES string of the molecule is CCc1ccc(-c2ccnc(N)c2N)cc1F. The third kappa shape index (κ3) is 2.06. The van der Waals surface area contributed by atoms with E-state index in [1.807, 2.05) is 13.0 Å². The molecular weight excluding hydrogens is 217 g/mol. The summed E-state index contributed by atoms with van der Waals surface area (Å²) in [6.45, 7) is 1.91. The van der Waals surface area contributed by atoms with Crippen molar-refractivity contribution in [2.75, 3.05) is 11.5 Å². The first-order valence-electron chi connectivity index (χ1n) is 5.42. The number of hydrogen-bond donors (Lipinski definition) is 2. The van der Waals surface area contributed by atoms with E-state index in [0.717, 1.165) is 0 Å². The van der Waals surface area contributed by atoms with Gasteiger partial charge in [-0.25, -0.2) is 9.37 Å². The first-order chi connectivity index (χ1) is 8.13. The van der Waals surface area contributed by atoms with E-state index in [-0.39, 0.29) is 11.6 Å². The minimum Gasteiger partial charge on any atom is -0.395 e. The van der Waals surface area contributed by atoms with Gasteiger partial charge in [-0.2, -0.15) is 0 Å². The minimum atomic E-state index is -0.222. The van der Waals surface area contributed by atoms with Crippen LogP contribution in [0.25, 0.3) is 11.1 Å². The van der Waals surface area contributed by atoms with E-state index in [2.05, 4.69) is 4.98 Å². The van der Waals surface area contributed by atoms with Crippen molar-refractivity contribution < 1.29 is 4.39 Å². The molecule has 3 nitrogen and oxygen atoms in total. The number of anilines is 2. The van der Waals surface area contributed by atoms with Gasteiger partial charge in [-0.05, 0) is 29.7 Å². The smallest absolute Gasteiger partial charge is 0.147 e. The average Bonchev–Trinajstić information content (AvgIpc) is 2.32. The maximum atomic E-state index is 13.7. The number of nitrogen functional groups attached to an aromatic ring is 2. The highest BCUT2D eigenvalue weighted by Crippen LogP contribution is 2.29. The average molecular weight is 231 g/mol. The van der Waals surface area contributed by atoms with Gasteiger partial charge < -0.3 is 11.5 Å². The molecule has 2 rings (SSSR count). The van der Waals surface area contributed by atoms with Crippen LogP contribution in [0, 0.1) is 5.82 Å². The molecule has 88 valence electrons. The maximum Gasteiger partial charge on any atom is 0.147 e. The highest BCUT2D eigenvalue weighted by atomic mass is 19.1. The molecule has 0 amide bonds. The topological polar surface area (TPSA) is 64.9 Å². The molecule has 1 heterocycles. The van der Waals surface area contributed by atoms with E-state index < -0.39 is 0 Å².